The molecule has 1 amide bonds. The van der Waals surface area contributed by atoms with E-state index in [-0.39, 0.29) is 5.91 Å². The van der Waals surface area contributed by atoms with Crippen molar-refractivity contribution >= 4 is 17.6 Å². The Labute approximate surface area is 197 Å². The fraction of sp³-hybridized carbons (Fsp3) is 0.148. The molecule has 4 rings (SSSR count). The summed E-state index contributed by atoms with van der Waals surface area (Å²) in [6.07, 6.45) is 1.73. The third-order valence-corrected chi connectivity index (χ3v) is 5.44. The average molecular weight is 456 g/mol. The van der Waals surface area contributed by atoms with Crippen LogP contribution in [0.2, 0.25) is 0 Å². The molecule has 0 fully saturated rings. The Morgan fingerprint density at radius 2 is 1.76 bits per heavy atom. The van der Waals surface area contributed by atoms with Gasteiger partial charge in [-0.25, -0.2) is 4.79 Å². The largest absolute Gasteiger partial charge is 0.497 e. The first-order valence-corrected chi connectivity index (χ1v) is 10.7. The number of carbonyl (C=O) groups is 2. The van der Waals surface area contributed by atoms with Gasteiger partial charge in [-0.2, -0.15) is 5.10 Å². The molecule has 0 unspecified atom stereocenters. The first-order valence-electron chi connectivity index (χ1n) is 10.7. The Morgan fingerprint density at radius 3 is 2.50 bits per heavy atom. The molecule has 0 bridgehead atoms. The summed E-state index contributed by atoms with van der Waals surface area (Å²) >= 11 is 0. The van der Waals surface area contributed by atoms with E-state index in [1.54, 1.807) is 36.2 Å². The van der Waals surface area contributed by atoms with Gasteiger partial charge in [-0.05, 0) is 42.3 Å². The van der Waals surface area contributed by atoms with E-state index in [0.717, 1.165) is 16.7 Å². The van der Waals surface area contributed by atoms with E-state index in [1.165, 1.54) is 7.11 Å². The number of methoxy groups -OCH3 is 2. The zero-order valence-electron chi connectivity index (χ0n) is 19.2. The molecule has 1 aromatic heterocycles. The van der Waals surface area contributed by atoms with Crippen molar-refractivity contribution < 1.29 is 19.1 Å². The lowest BCUT2D eigenvalue weighted by Crippen LogP contribution is -2.14. The maximum absolute atomic E-state index is 13.4. The van der Waals surface area contributed by atoms with Gasteiger partial charge in [0, 0.05) is 17.4 Å². The molecule has 0 saturated carbocycles. The van der Waals surface area contributed by atoms with Crippen molar-refractivity contribution in [1.82, 2.24) is 9.78 Å². The van der Waals surface area contributed by atoms with E-state index in [4.69, 9.17) is 14.6 Å². The summed E-state index contributed by atoms with van der Waals surface area (Å²) in [6.45, 7) is 2.38. The second-order valence-electron chi connectivity index (χ2n) is 7.78. The number of nitrogens with zero attached hydrogens (tertiary/aromatic N) is 2. The highest BCUT2D eigenvalue weighted by atomic mass is 16.5. The third-order valence-electron chi connectivity index (χ3n) is 5.44. The number of nitrogens with one attached hydrogen (secondary N) is 1. The van der Waals surface area contributed by atoms with Crippen LogP contribution in [-0.4, -0.2) is 35.9 Å². The molecule has 0 aliphatic heterocycles. The minimum absolute atomic E-state index is 0.331. The number of esters is 1. The van der Waals surface area contributed by atoms with Crippen LogP contribution in [-0.2, 0) is 11.3 Å². The number of benzene rings is 3. The van der Waals surface area contributed by atoms with Crippen LogP contribution in [0.1, 0.15) is 31.8 Å². The van der Waals surface area contributed by atoms with E-state index in [2.05, 4.69) is 5.32 Å². The molecule has 7 heteroatoms. The van der Waals surface area contributed by atoms with Crippen molar-refractivity contribution in [2.24, 2.45) is 0 Å². The SMILES string of the molecule is COC(=O)c1ccc(C)c(NC(=O)c2cn(Cc3ccccc3)nc2-c2cccc(OC)c2)c1. The van der Waals surface area contributed by atoms with Crippen molar-refractivity contribution in [3.63, 3.8) is 0 Å². The number of aryl methyl sites for hydroxylation is 1. The molecule has 0 aliphatic carbocycles. The predicted molar refractivity (Wildman–Crippen MR) is 130 cm³/mol. The van der Waals surface area contributed by atoms with E-state index in [1.807, 2.05) is 61.5 Å². The molecule has 34 heavy (non-hydrogen) atoms. The van der Waals surface area contributed by atoms with Gasteiger partial charge in [0.2, 0.25) is 0 Å². The van der Waals surface area contributed by atoms with Gasteiger partial charge in [0.25, 0.3) is 5.91 Å². The van der Waals surface area contributed by atoms with Gasteiger partial charge < -0.3 is 14.8 Å². The van der Waals surface area contributed by atoms with Crippen molar-refractivity contribution in [1.29, 1.82) is 0 Å². The topological polar surface area (TPSA) is 82.5 Å². The highest BCUT2D eigenvalue weighted by Gasteiger charge is 2.20. The average Bonchev–Trinajstić information content (AvgIpc) is 3.29. The molecule has 1 heterocycles. The van der Waals surface area contributed by atoms with E-state index >= 15 is 0 Å². The maximum atomic E-state index is 13.4. The number of anilines is 1. The predicted octanol–water partition coefficient (Wildman–Crippen LogP) is 4.95. The van der Waals surface area contributed by atoms with E-state index in [9.17, 15) is 9.59 Å². The first-order chi connectivity index (χ1) is 16.5. The number of aromatic nitrogens is 2. The van der Waals surface area contributed by atoms with Gasteiger partial charge in [0.05, 0.1) is 31.9 Å². The number of hydrogen-bond donors (Lipinski definition) is 1. The van der Waals surface area contributed by atoms with Crippen LogP contribution in [0.25, 0.3) is 11.3 Å². The number of rotatable bonds is 7. The number of carbonyl (C=O) groups excluding carboxylic acids is 2. The summed E-state index contributed by atoms with van der Waals surface area (Å²) in [5, 5.41) is 7.65. The van der Waals surface area contributed by atoms with Crippen molar-refractivity contribution in [2.45, 2.75) is 13.5 Å². The van der Waals surface area contributed by atoms with Crippen molar-refractivity contribution in [2.75, 3.05) is 19.5 Å². The summed E-state index contributed by atoms with van der Waals surface area (Å²) in [6, 6.07) is 22.4. The summed E-state index contributed by atoms with van der Waals surface area (Å²) in [7, 11) is 2.92. The quantitative estimate of drug-likeness (QED) is 0.399. The molecule has 1 N–H and O–H groups in total. The highest BCUT2D eigenvalue weighted by Crippen LogP contribution is 2.27. The first kappa shape index (κ1) is 22.8. The molecule has 7 nitrogen and oxygen atoms in total. The zero-order valence-corrected chi connectivity index (χ0v) is 19.2. The Bertz CT molecular complexity index is 1330. The van der Waals surface area contributed by atoms with Crippen LogP contribution < -0.4 is 10.1 Å². The number of ether oxygens (including phenoxy) is 2. The molecule has 0 saturated heterocycles. The third kappa shape index (κ3) is 4.99. The summed E-state index contributed by atoms with van der Waals surface area (Å²) in [4.78, 5) is 25.4. The fourth-order valence-corrected chi connectivity index (χ4v) is 3.61. The van der Waals surface area contributed by atoms with Gasteiger partial charge in [0.15, 0.2) is 0 Å². The summed E-state index contributed by atoms with van der Waals surface area (Å²) in [5.74, 6) is -0.131. The summed E-state index contributed by atoms with van der Waals surface area (Å²) in [5.41, 5.74) is 4.48. The number of hydrogen-bond acceptors (Lipinski definition) is 5. The Balaban J connectivity index is 1.72. The molecule has 0 atom stereocenters. The van der Waals surface area contributed by atoms with Crippen molar-refractivity contribution in [3.05, 3.63) is 101 Å². The molecule has 0 aliphatic rings. The zero-order chi connectivity index (χ0) is 24.1. The Morgan fingerprint density at radius 1 is 0.971 bits per heavy atom. The molecule has 4 aromatic rings. The summed E-state index contributed by atoms with van der Waals surface area (Å²) < 4.78 is 11.9. The Hall–Kier alpha value is -4.39. The normalized spacial score (nSPS) is 10.6. The van der Waals surface area contributed by atoms with Crippen molar-refractivity contribution in [3.8, 4) is 17.0 Å². The smallest absolute Gasteiger partial charge is 0.337 e. The highest BCUT2D eigenvalue weighted by molar-refractivity contribution is 6.08. The van der Waals surface area contributed by atoms with Crippen LogP contribution in [0.15, 0.2) is 79.0 Å². The minimum atomic E-state index is -0.469. The standard InChI is InChI=1S/C27H25N3O4/c1-18-12-13-21(27(32)34-3)15-24(18)28-26(31)23-17-30(16-19-8-5-4-6-9-19)29-25(23)20-10-7-11-22(14-20)33-2/h4-15,17H,16H2,1-3H3,(H,28,31). The monoisotopic (exact) mass is 455 g/mol. The second-order valence-corrected chi connectivity index (χ2v) is 7.78. The molecular weight excluding hydrogens is 430 g/mol. The van der Waals surface area contributed by atoms with Crippen LogP contribution in [0, 0.1) is 6.92 Å². The molecular formula is C27H25N3O4. The van der Waals surface area contributed by atoms with Gasteiger partial charge >= 0.3 is 5.97 Å². The maximum Gasteiger partial charge on any atom is 0.337 e. The second kappa shape index (κ2) is 10.0. The van der Waals surface area contributed by atoms with Crippen LogP contribution >= 0.6 is 0 Å². The van der Waals surface area contributed by atoms with E-state index < -0.39 is 5.97 Å². The minimum Gasteiger partial charge on any atom is -0.497 e. The fourth-order valence-electron chi connectivity index (χ4n) is 3.61. The van der Waals surface area contributed by atoms with Crippen LogP contribution in [0.3, 0.4) is 0 Å². The van der Waals surface area contributed by atoms with Gasteiger partial charge in [-0.15, -0.1) is 0 Å². The molecule has 0 spiro atoms. The van der Waals surface area contributed by atoms with Gasteiger partial charge in [0.1, 0.15) is 11.4 Å². The van der Waals surface area contributed by atoms with Gasteiger partial charge in [-0.1, -0.05) is 48.5 Å². The lowest BCUT2D eigenvalue weighted by atomic mass is 10.1. The number of amides is 1. The molecule has 3 aromatic carbocycles. The van der Waals surface area contributed by atoms with Gasteiger partial charge in [-0.3, -0.25) is 9.48 Å². The lowest BCUT2D eigenvalue weighted by molar-refractivity contribution is 0.0600. The Kier molecular flexibility index (Phi) is 6.73. The lowest BCUT2D eigenvalue weighted by Gasteiger charge is -2.10. The molecule has 172 valence electrons. The van der Waals surface area contributed by atoms with E-state index in [0.29, 0.717) is 34.8 Å². The van der Waals surface area contributed by atoms with Crippen LogP contribution in [0.5, 0.6) is 5.75 Å². The van der Waals surface area contributed by atoms with Crippen LogP contribution in [0.4, 0.5) is 5.69 Å². The molecule has 0 radical (unpaired) electrons.